The van der Waals surface area contributed by atoms with Crippen LogP contribution in [0.5, 0.6) is 0 Å². The number of para-hydroxylation sites is 2. The summed E-state index contributed by atoms with van der Waals surface area (Å²) in [4.78, 5) is 10.7. The highest BCUT2D eigenvalue weighted by atomic mass is 32.1. The molecule has 0 amide bonds. The lowest BCUT2D eigenvalue weighted by Crippen LogP contribution is -2.21. The van der Waals surface area contributed by atoms with Crippen LogP contribution >= 0.6 is 12.2 Å². The average molecular weight is 335 g/mol. The van der Waals surface area contributed by atoms with E-state index in [0.29, 0.717) is 16.9 Å². The van der Waals surface area contributed by atoms with Gasteiger partial charge in [-0.25, -0.2) is 4.98 Å². The number of hydrogen-bond acceptors (Lipinski definition) is 4. The van der Waals surface area contributed by atoms with E-state index in [1.165, 1.54) is 0 Å². The number of rotatable bonds is 4. The molecule has 6 heteroatoms. The smallest absolute Gasteiger partial charge is 0.231 e. The first-order chi connectivity index (χ1) is 11.7. The molecule has 0 spiro atoms. The van der Waals surface area contributed by atoms with Gasteiger partial charge in [0.25, 0.3) is 0 Å². The highest BCUT2D eigenvalue weighted by Gasteiger charge is 2.08. The summed E-state index contributed by atoms with van der Waals surface area (Å²) < 4.78 is 0. The summed E-state index contributed by atoms with van der Waals surface area (Å²) in [6.07, 6.45) is 1.70. The Hall–Kier alpha value is -2.99. The first kappa shape index (κ1) is 15.9. The van der Waals surface area contributed by atoms with E-state index in [4.69, 9.17) is 12.2 Å². The molecular formula is C18H17N5S. The lowest BCUT2D eigenvalue weighted by atomic mass is 10.3. The second kappa shape index (κ2) is 7.52. The molecule has 0 aliphatic carbocycles. The molecule has 0 saturated carbocycles. The number of benzene rings is 2. The summed E-state index contributed by atoms with van der Waals surface area (Å²) in [6.45, 7) is 0. The molecule has 0 bridgehead atoms. The van der Waals surface area contributed by atoms with Crippen molar-refractivity contribution in [3.05, 3.63) is 72.9 Å². The third kappa shape index (κ3) is 4.05. The maximum Gasteiger partial charge on any atom is 0.231 e. The van der Waals surface area contributed by atoms with Crippen LogP contribution < -0.4 is 15.5 Å². The largest absolute Gasteiger partial charge is 0.332 e. The first-order valence-corrected chi connectivity index (χ1v) is 7.88. The number of anilines is 4. The van der Waals surface area contributed by atoms with Crippen LogP contribution in [0.3, 0.4) is 0 Å². The van der Waals surface area contributed by atoms with Gasteiger partial charge in [-0.15, -0.1) is 0 Å². The Labute approximate surface area is 146 Å². The zero-order valence-corrected chi connectivity index (χ0v) is 14.0. The van der Waals surface area contributed by atoms with Gasteiger partial charge < -0.3 is 15.5 Å². The molecule has 1 aromatic heterocycles. The third-order valence-electron chi connectivity index (χ3n) is 3.36. The van der Waals surface area contributed by atoms with Crippen molar-refractivity contribution >= 4 is 40.5 Å². The minimum atomic E-state index is 0.480. The van der Waals surface area contributed by atoms with E-state index < -0.39 is 0 Å². The first-order valence-electron chi connectivity index (χ1n) is 7.47. The predicted octanol–water partition coefficient (Wildman–Crippen LogP) is 4.05. The number of nitrogens with one attached hydrogen (secondary N) is 2. The molecule has 120 valence electrons. The minimum Gasteiger partial charge on any atom is -0.332 e. The van der Waals surface area contributed by atoms with Gasteiger partial charge in [-0.1, -0.05) is 36.4 Å². The van der Waals surface area contributed by atoms with Crippen LogP contribution in [-0.2, 0) is 0 Å². The topological polar surface area (TPSA) is 53.1 Å². The minimum absolute atomic E-state index is 0.480. The Bertz CT molecular complexity index is 808. The Morgan fingerprint density at radius 1 is 0.917 bits per heavy atom. The van der Waals surface area contributed by atoms with Crippen molar-refractivity contribution in [1.29, 1.82) is 0 Å². The third-order valence-corrected chi connectivity index (χ3v) is 3.56. The highest BCUT2D eigenvalue weighted by Crippen LogP contribution is 2.20. The molecule has 0 fully saturated rings. The Morgan fingerprint density at radius 2 is 1.58 bits per heavy atom. The number of nitrogens with zero attached hydrogens (tertiary/aromatic N) is 3. The Kier molecular flexibility index (Phi) is 4.98. The van der Waals surface area contributed by atoms with Gasteiger partial charge in [0.15, 0.2) is 5.11 Å². The van der Waals surface area contributed by atoms with Crippen molar-refractivity contribution in [3.8, 4) is 0 Å². The van der Waals surface area contributed by atoms with Gasteiger partial charge in [0.05, 0.1) is 0 Å². The summed E-state index contributed by atoms with van der Waals surface area (Å²) >= 11 is 5.32. The molecule has 1 heterocycles. The van der Waals surface area contributed by atoms with Crippen LogP contribution in [0.15, 0.2) is 72.9 Å². The molecule has 0 radical (unpaired) electrons. The van der Waals surface area contributed by atoms with E-state index in [1.807, 2.05) is 72.6 Å². The van der Waals surface area contributed by atoms with Crippen molar-refractivity contribution in [1.82, 2.24) is 9.97 Å². The highest BCUT2D eigenvalue weighted by molar-refractivity contribution is 7.80. The molecule has 24 heavy (non-hydrogen) atoms. The van der Waals surface area contributed by atoms with Gasteiger partial charge >= 0.3 is 0 Å². The van der Waals surface area contributed by atoms with Crippen molar-refractivity contribution in [3.63, 3.8) is 0 Å². The van der Waals surface area contributed by atoms with Gasteiger partial charge in [-0.3, -0.25) is 0 Å². The van der Waals surface area contributed by atoms with E-state index in [-0.39, 0.29) is 0 Å². The van der Waals surface area contributed by atoms with E-state index in [2.05, 4.69) is 20.6 Å². The van der Waals surface area contributed by atoms with Gasteiger partial charge in [0, 0.05) is 24.6 Å². The van der Waals surface area contributed by atoms with Crippen molar-refractivity contribution < 1.29 is 0 Å². The summed E-state index contributed by atoms with van der Waals surface area (Å²) in [6, 6.07) is 21.5. The lowest BCUT2D eigenvalue weighted by molar-refractivity contribution is 1.05. The summed E-state index contributed by atoms with van der Waals surface area (Å²) in [5.74, 6) is 1.23. The van der Waals surface area contributed by atoms with Gasteiger partial charge in [-0.2, -0.15) is 4.98 Å². The fourth-order valence-corrected chi connectivity index (χ4v) is 2.37. The zero-order chi connectivity index (χ0) is 16.8. The molecule has 0 saturated heterocycles. The van der Waals surface area contributed by atoms with E-state index >= 15 is 0 Å². The predicted molar refractivity (Wildman–Crippen MR) is 103 cm³/mol. The standard InChI is InChI=1S/C18H17N5S/c1-23(15-10-6-3-7-11-15)17-19-13-12-16(21-17)22-18(24)20-14-8-4-2-5-9-14/h2-13H,1H3,(H2,19,20,21,22,24). The van der Waals surface area contributed by atoms with E-state index in [0.717, 1.165) is 11.4 Å². The molecule has 0 unspecified atom stereocenters. The molecule has 3 aromatic rings. The normalized spacial score (nSPS) is 10.0. The fraction of sp³-hybridized carbons (Fsp3) is 0.0556. The monoisotopic (exact) mass is 335 g/mol. The Morgan fingerprint density at radius 3 is 2.29 bits per heavy atom. The van der Waals surface area contributed by atoms with Gasteiger partial charge in [0.2, 0.25) is 5.95 Å². The second-order valence-electron chi connectivity index (χ2n) is 5.08. The molecule has 3 rings (SSSR count). The summed E-state index contributed by atoms with van der Waals surface area (Å²) in [5.41, 5.74) is 1.94. The number of thiocarbonyl (C=S) groups is 1. The van der Waals surface area contributed by atoms with Crippen molar-refractivity contribution in [2.75, 3.05) is 22.6 Å². The maximum atomic E-state index is 5.32. The zero-order valence-electron chi connectivity index (χ0n) is 13.2. The maximum absolute atomic E-state index is 5.32. The van der Waals surface area contributed by atoms with E-state index in [1.54, 1.807) is 12.3 Å². The van der Waals surface area contributed by atoms with E-state index in [9.17, 15) is 0 Å². The Balaban J connectivity index is 1.70. The SMILES string of the molecule is CN(c1ccccc1)c1nccc(NC(=S)Nc2ccccc2)n1. The molecule has 2 N–H and O–H groups in total. The van der Waals surface area contributed by atoms with Gasteiger partial charge in [0.1, 0.15) is 5.82 Å². The van der Waals surface area contributed by atoms with Crippen LogP contribution in [0.4, 0.5) is 23.1 Å². The van der Waals surface area contributed by atoms with Crippen molar-refractivity contribution in [2.24, 2.45) is 0 Å². The molecule has 5 nitrogen and oxygen atoms in total. The van der Waals surface area contributed by atoms with Crippen LogP contribution in [0.2, 0.25) is 0 Å². The average Bonchev–Trinajstić information content (AvgIpc) is 2.63. The van der Waals surface area contributed by atoms with Crippen LogP contribution in [-0.4, -0.2) is 22.1 Å². The molecule has 0 aliphatic heterocycles. The quantitative estimate of drug-likeness (QED) is 0.702. The fourth-order valence-electron chi connectivity index (χ4n) is 2.15. The molecule has 0 atom stereocenters. The molecule has 0 aliphatic rings. The van der Waals surface area contributed by atoms with Crippen molar-refractivity contribution in [2.45, 2.75) is 0 Å². The van der Waals surface area contributed by atoms with Gasteiger partial charge in [-0.05, 0) is 42.5 Å². The second-order valence-corrected chi connectivity index (χ2v) is 5.49. The molecule has 2 aromatic carbocycles. The van der Waals surface area contributed by atoms with Crippen LogP contribution in [0.25, 0.3) is 0 Å². The van der Waals surface area contributed by atoms with Crippen LogP contribution in [0, 0.1) is 0 Å². The number of aromatic nitrogens is 2. The lowest BCUT2D eigenvalue weighted by Gasteiger charge is -2.18. The molecular weight excluding hydrogens is 318 g/mol. The summed E-state index contributed by atoms with van der Waals surface area (Å²) in [5, 5.41) is 6.68. The summed E-state index contributed by atoms with van der Waals surface area (Å²) in [7, 11) is 1.93. The van der Waals surface area contributed by atoms with Crippen LogP contribution in [0.1, 0.15) is 0 Å². The number of hydrogen-bond donors (Lipinski definition) is 2.